The molecular formula is C18H23BrN2O4. The average molecular weight is 411 g/mol. The molecule has 2 amide bonds. The lowest BCUT2D eigenvalue weighted by Crippen LogP contribution is -2.47. The first kappa shape index (κ1) is 20.8. The Balaban J connectivity index is 3.02. The minimum atomic E-state index is -0.807. The number of ether oxygens (including phenoxy) is 2. The van der Waals surface area contributed by atoms with Crippen molar-refractivity contribution in [1.82, 2.24) is 10.4 Å². The van der Waals surface area contributed by atoms with Crippen LogP contribution in [0.5, 0.6) is 0 Å². The number of nitrogens with zero attached hydrogens (tertiary/aromatic N) is 1. The van der Waals surface area contributed by atoms with Gasteiger partial charge < -0.3 is 9.47 Å². The van der Waals surface area contributed by atoms with Gasteiger partial charge in [-0.25, -0.2) is 15.0 Å². The van der Waals surface area contributed by atoms with Gasteiger partial charge in [0.25, 0.3) is 0 Å². The molecule has 25 heavy (non-hydrogen) atoms. The third-order valence-electron chi connectivity index (χ3n) is 2.35. The lowest BCUT2D eigenvalue weighted by molar-refractivity contribution is 0.0142. The van der Waals surface area contributed by atoms with Crippen LogP contribution < -0.4 is 5.43 Å². The van der Waals surface area contributed by atoms with Gasteiger partial charge in [0.2, 0.25) is 0 Å². The maximum atomic E-state index is 12.3. The van der Waals surface area contributed by atoms with Crippen molar-refractivity contribution in [2.45, 2.75) is 52.7 Å². The largest absolute Gasteiger partial charge is 0.443 e. The highest BCUT2D eigenvalue weighted by Gasteiger charge is 2.25. The van der Waals surface area contributed by atoms with Crippen LogP contribution in [-0.4, -0.2) is 28.4 Å². The van der Waals surface area contributed by atoms with Crippen molar-refractivity contribution in [2.24, 2.45) is 0 Å². The van der Waals surface area contributed by atoms with Crippen molar-refractivity contribution in [3.63, 3.8) is 0 Å². The van der Waals surface area contributed by atoms with E-state index in [9.17, 15) is 9.59 Å². The van der Waals surface area contributed by atoms with Gasteiger partial charge in [0.1, 0.15) is 11.2 Å². The quantitative estimate of drug-likeness (QED) is 0.390. The van der Waals surface area contributed by atoms with Crippen LogP contribution in [0.4, 0.5) is 9.59 Å². The summed E-state index contributed by atoms with van der Waals surface area (Å²) in [6.45, 7) is 10.3. The van der Waals surface area contributed by atoms with Crippen LogP contribution in [0.2, 0.25) is 0 Å². The summed E-state index contributed by atoms with van der Waals surface area (Å²) in [5, 5.41) is 0.777. The lowest BCUT2D eigenvalue weighted by atomic mass is 10.2. The SMILES string of the molecule is CC(C)(C)OC(=O)NN(C#Cc1ccccc1Br)C(=O)OC(C)(C)C. The number of halogens is 1. The van der Waals surface area contributed by atoms with Crippen LogP contribution in [0.25, 0.3) is 0 Å². The van der Waals surface area contributed by atoms with Crippen molar-refractivity contribution < 1.29 is 19.1 Å². The van der Waals surface area contributed by atoms with Gasteiger partial charge in [0, 0.05) is 16.1 Å². The second-order valence-corrected chi connectivity index (χ2v) is 8.00. The van der Waals surface area contributed by atoms with Crippen molar-refractivity contribution in [2.75, 3.05) is 0 Å². The summed E-state index contributed by atoms with van der Waals surface area (Å²) in [7, 11) is 0. The predicted molar refractivity (Wildman–Crippen MR) is 98.5 cm³/mol. The molecule has 0 atom stereocenters. The molecule has 0 radical (unpaired) electrons. The second kappa shape index (κ2) is 8.26. The second-order valence-electron chi connectivity index (χ2n) is 7.15. The highest BCUT2D eigenvalue weighted by Crippen LogP contribution is 2.14. The average Bonchev–Trinajstić information content (AvgIpc) is 2.41. The monoisotopic (exact) mass is 410 g/mol. The number of hydrogen-bond donors (Lipinski definition) is 1. The number of carbonyl (C=O) groups is 2. The van der Waals surface area contributed by atoms with E-state index in [2.05, 4.69) is 33.3 Å². The summed E-state index contributed by atoms with van der Waals surface area (Å²) in [5.74, 6) is 2.81. The fourth-order valence-electron chi connectivity index (χ4n) is 1.50. The maximum Gasteiger partial charge on any atom is 0.441 e. The molecule has 6 nitrogen and oxygen atoms in total. The fourth-order valence-corrected chi connectivity index (χ4v) is 1.88. The molecular weight excluding hydrogens is 388 g/mol. The molecule has 0 heterocycles. The van der Waals surface area contributed by atoms with Gasteiger partial charge in [-0.3, -0.25) is 0 Å². The normalized spacial score (nSPS) is 11.0. The van der Waals surface area contributed by atoms with Crippen LogP contribution in [0, 0.1) is 12.0 Å². The fraction of sp³-hybridized carbons (Fsp3) is 0.444. The predicted octanol–water partition coefficient (Wildman–Crippen LogP) is 4.43. The zero-order valence-electron chi connectivity index (χ0n) is 15.3. The number of nitrogens with one attached hydrogen (secondary N) is 1. The number of carbonyl (C=O) groups excluding carboxylic acids is 2. The molecule has 0 unspecified atom stereocenters. The van der Waals surface area contributed by atoms with Crippen molar-refractivity contribution in [3.05, 3.63) is 34.3 Å². The Morgan fingerprint density at radius 3 is 2.12 bits per heavy atom. The van der Waals surface area contributed by atoms with Gasteiger partial charge in [0.15, 0.2) is 0 Å². The number of hydrazine groups is 1. The summed E-state index contributed by atoms with van der Waals surface area (Å²) in [6.07, 6.45) is -1.61. The van der Waals surface area contributed by atoms with Crippen LogP contribution in [0.15, 0.2) is 28.7 Å². The highest BCUT2D eigenvalue weighted by atomic mass is 79.9. The lowest BCUT2D eigenvalue weighted by Gasteiger charge is -2.25. The van der Waals surface area contributed by atoms with Crippen molar-refractivity contribution in [3.8, 4) is 12.0 Å². The van der Waals surface area contributed by atoms with Crippen LogP contribution in [0.1, 0.15) is 47.1 Å². The van der Waals surface area contributed by atoms with E-state index >= 15 is 0 Å². The molecule has 0 aliphatic carbocycles. The first-order valence-electron chi connectivity index (χ1n) is 7.66. The third kappa shape index (κ3) is 8.45. The van der Waals surface area contributed by atoms with Crippen LogP contribution in [-0.2, 0) is 9.47 Å². The first-order chi connectivity index (χ1) is 11.4. The highest BCUT2D eigenvalue weighted by molar-refractivity contribution is 9.10. The summed E-state index contributed by atoms with van der Waals surface area (Å²) >= 11 is 3.37. The Bertz CT molecular complexity index is 693. The van der Waals surface area contributed by atoms with E-state index in [0.717, 1.165) is 9.48 Å². The Hall–Kier alpha value is -2.20. The molecule has 0 bridgehead atoms. The third-order valence-corrected chi connectivity index (χ3v) is 3.05. The summed E-state index contributed by atoms with van der Waals surface area (Å²) in [4.78, 5) is 24.2. The Kier molecular flexibility index (Phi) is 6.88. The maximum absolute atomic E-state index is 12.3. The molecule has 1 aromatic rings. The zero-order chi connectivity index (χ0) is 19.3. The smallest absolute Gasteiger partial charge is 0.441 e. The zero-order valence-corrected chi connectivity index (χ0v) is 16.9. The molecule has 136 valence electrons. The molecule has 0 aliphatic rings. The Labute approximate surface area is 157 Å². The molecule has 7 heteroatoms. The Morgan fingerprint density at radius 1 is 1.04 bits per heavy atom. The van der Waals surface area contributed by atoms with Gasteiger partial charge >= 0.3 is 12.2 Å². The molecule has 0 aromatic heterocycles. The summed E-state index contributed by atoms with van der Waals surface area (Å²) in [6, 6.07) is 9.84. The molecule has 0 spiro atoms. The molecule has 0 fully saturated rings. The van der Waals surface area contributed by atoms with E-state index in [-0.39, 0.29) is 0 Å². The standard InChI is InChI=1S/C18H23BrN2O4/c1-17(2,3)24-15(22)20-21(16(23)25-18(4,5)6)12-11-13-9-7-8-10-14(13)19/h7-10H,1-6H3,(H,20,22). The van der Waals surface area contributed by atoms with E-state index in [1.807, 2.05) is 18.2 Å². The molecule has 0 aliphatic heterocycles. The molecule has 1 rings (SSSR count). The molecule has 1 N–H and O–H groups in total. The van der Waals surface area contributed by atoms with Gasteiger partial charge in [-0.15, -0.1) is 5.01 Å². The van der Waals surface area contributed by atoms with Gasteiger partial charge in [-0.1, -0.05) is 12.1 Å². The number of benzene rings is 1. The van der Waals surface area contributed by atoms with Gasteiger partial charge in [-0.05, 0) is 75.5 Å². The van der Waals surface area contributed by atoms with Crippen LogP contribution >= 0.6 is 15.9 Å². The van der Waals surface area contributed by atoms with Crippen LogP contribution in [0.3, 0.4) is 0 Å². The number of hydrogen-bond acceptors (Lipinski definition) is 4. The first-order valence-corrected chi connectivity index (χ1v) is 8.45. The van der Waals surface area contributed by atoms with Gasteiger partial charge in [-0.2, -0.15) is 0 Å². The molecule has 0 saturated carbocycles. The van der Waals surface area contributed by atoms with E-state index in [1.165, 1.54) is 0 Å². The van der Waals surface area contributed by atoms with E-state index in [0.29, 0.717) is 5.56 Å². The number of rotatable bonds is 0. The van der Waals surface area contributed by atoms with E-state index < -0.39 is 23.4 Å². The molecule has 0 saturated heterocycles. The summed E-state index contributed by atoms with van der Waals surface area (Å²) < 4.78 is 11.2. The Morgan fingerprint density at radius 2 is 1.60 bits per heavy atom. The van der Waals surface area contributed by atoms with Gasteiger partial charge in [0.05, 0.1) is 0 Å². The van der Waals surface area contributed by atoms with E-state index in [1.54, 1.807) is 47.6 Å². The molecule has 1 aromatic carbocycles. The summed E-state index contributed by atoms with van der Waals surface area (Å²) in [5.41, 5.74) is 1.50. The van der Waals surface area contributed by atoms with Crippen molar-refractivity contribution in [1.29, 1.82) is 0 Å². The topological polar surface area (TPSA) is 67.9 Å². The number of amides is 2. The minimum Gasteiger partial charge on any atom is -0.443 e. The minimum absolute atomic E-state index is 0.655. The van der Waals surface area contributed by atoms with Crippen molar-refractivity contribution >= 4 is 28.1 Å². The van der Waals surface area contributed by atoms with E-state index in [4.69, 9.17) is 9.47 Å².